The standard InChI is InChI=1S/C27H37N3O3/c1-18-17-30(26(31)28-25-19(2)20(3)33-29-25)14-11-22(18)15-21-7-6-8-24(16-21)32-23-9-12-27(4,5)13-10-23/h6-8,15-16,18,23H,9-14,17H2,1-5H3,(H,28,29,31)/b22-15+. The van der Waals surface area contributed by atoms with Gasteiger partial charge in [0.15, 0.2) is 5.82 Å². The summed E-state index contributed by atoms with van der Waals surface area (Å²) in [6.07, 6.45) is 8.13. The summed E-state index contributed by atoms with van der Waals surface area (Å²) in [5.41, 5.74) is 3.84. The number of likely N-dealkylation sites (tertiary alicyclic amines) is 1. The molecular formula is C27H37N3O3. The maximum absolute atomic E-state index is 12.7. The molecule has 1 N–H and O–H groups in total. The van der Waals surface area contributed by atoms with Crippen LogP contribution in [0.4, 0.5) is 10.6 Å². The molecule has 2 aromatic rings. The molecule has 0 bridgehead atoms. The molecule has 1 aliphatic carbocycles. The summed E-state index contributed by atoms with van der Waals surface area (Å²) in [5.74, 6) is 2.47. The normalized spacial score (nSPS) is 22.4. The highest BCUT2D eigenvalue weighted by Crippen LogP contribution is 2.37. The van der Waals surface area contributed by atoms with Crippen molar-refractivity contribution in [3.63, 3.8) is 0 Å². The Morgan fingerprint density at radius 3 is 2.70 bits per heavy atom. The molecule has 2 heterocycles. The van der Waals surface area contributed by atoms with Gasteiger partial charge in [-0.1, -0.05) is 49.7 Å². The van der Waals surface area contributed by atoms with Crippen molar-refractivity contribution in [2.45, 2.75) is 72.8 Å². The zero-order valence-corrected chi connectivity index (χ0v) is 20.6. The SMILES string of the molecule is Cc1onc(NC(=O)N2CC/C(=C\c3cccc(OC4CCC(C)(C)CC4)c3)C(C)C2)c1C. The number of nitrogens with zero attached hydrogens (tertiary/aromatic N) is 2. The van der Waals surface area contributed by atoms with Gasteiger partial charge in [0.05, 0.1) is 6.10 Å². The van der Waals surface area contributed by atoms with E-state index in [-0.39, 0.29) is 11.9 Å². The molecule has 1 aromatic heterocycles. The number of aromatic nitrogens is 1. The molecule has 1 aliphatic heterocycles. The van der Waals surface area contributed by atoms with Crippen molar-refractivity contribution < 1.29 is 14.1 Å². The van der Waals surface area contributed by atoms with Crippen LogP contribution in [-0.2, 0) is 0 Å². The van der Waals surface area contributed by atoms with Crippen LogP contribution in [0.3, 0.4) is 0 Å². The van der Waals surface area contributed by atoms with Gasteiger partial charge in [0.25, 0.3) is 0 Å². The predicted octanol–water partition coefficient (Wildman–Crippen LogP) is 6.60. The van der Waals surface area contributed by atoms with Crippen LogP contribution in [0.1, 0.15) is 69.8 Å². The first-order chi connectivity index (χ1) is 15.7. The number of piperidine rings is 1. The van der Waals surface area contributed by atoms with Crippen LogP contribution in [-0.4, -0.2) is 35.3 Å². The number of carbonyl (C=O) groups is 1. The minimum Gasteiger partial charge on any atom is -0.490 e. The summed E-state index contributed by atoms with van der Waals surface area (Å²) in [6, 6.07) is 8.29. The fourth-order valence-electron chi connectivity index (χ4n) is 4.74. The Balaban J connectivity index is 1.35. The molecular weight excluding hydrogens is 414 g/mol. The zero-order valence-electron chi connectivity index (χ0n) is 20.6. The minimum absolute atomic E-state index is 0.122. The summed E-state index contributed by atoms with van der Waals surface area (Å²) < 4.78 is 11.5. The first-order valence-corrected chi connectivity index (χ1v) is 12.2. The second-order valence-corrected chi connectivity index (χ2v) is 10.5. The number of anilines is 1. The maximum atomic E-state index is 12.7. The number of benzene rings is 1. The molecule has 6 heteroatoms. The van der Waals surface area contributed by atoms with Gasteiger partial charge in [0.2, 0.25) is 0 Å². The minimum atomic E-state index is -0.122. The van der Waals surface area contributed by atoms with Crippen molar-refractivity contribution in [1.29, 1.82) is 0 Å². The van der Waals surface area contributed by atoms with Crippen LogP contribution in [0, 0.1) is 25.2 Å². The van der Waals surface area contributed by atoms with Crippen LogP contribution in [0.2, 0.25) is 0 Å². The highest BCUT2D eigenvalue weighted by atomic mass is 16.5. The third-order valence-electron chi connectivity index (χ3n) is 7.27. The molecule has 4 rings (SSSR count). The average molecular weight is 452 g/mol. The van der Waals surface area contributed by atoms with Crippen LogP contribution in [0.25, 0.3) is 6.08 Å². The Labute approximate surface area is 197 Å². The lowest BCUT2D eigenvalue weighted by Crippen LogP contribution is -2.42. The fourth-order valence-corrected chi connectivity index (χ4v) is 4.74. The number of amides is 2. The highest BCUT2D eigenvalue weighted by Gasteiger charge is 2.28. The molecule has 1 saturated heterocycles. The number of carbonyl (C=O) groups excluding carboxylic acids is 1. The Kier molecular flexibility index (Phi) is 6.82. The van der Waals surface area contributed by atoms with E-state index < -0.39 is 0 Å². The summed E-state index contributed by atoms with van der Waals surface area (Å²) in [4.78, 5) is 14.6. The molecule has 2 amide bonds. The van der Waals surface area contributed by atoms with Crippen LogP contribution < -0.4 is 10.1 Å². The number of urea groups is 1. The Morgan fingerprint density at radius 1 is 1.27 bits per heavy atom. The Bertz CT molecular complexity index is 1010. The van der Waals surface area contributed by atoms with Crippen LogP contribution in [0.15, 0.2) is 34.4 Å². The first-order valence-electron chi connectivity index (χ1n) is 12.2. The Hall–Kier alpha value is -2.76. The molecule has 2 fully saturated rings. The first kappa shape index (κ1) is 23.4. The van der Waals surface area contributed by atoms with Crippen molar-refractivity contribution in [1.82, 2.24) is 10.1 Å². The lowest BCUT2D eigenvalue weighted by molar-refractivity contribution is 0.0987. The number of ether oxygens (including phenoxy) is 1. The molecule has 1 aromatic carbocycles. The summed E-state index contributed by atoms with van der Waals surface area (Å²) >= 11 is 0. The van der Waals surface area contributed by atoms with Gasteiger partial charge in [-0.2, -0.15) is 0 Å². The van der Waals surface area contributed by atoms with Crippen molar-refractivity contribution in [2.24, 2.45) is 11.3 Å². The number of hydrogen-bond donors (Lipinski definition) is 1. The second kappa shape index (κ2) is 9.62. The molecule has 0 spiro atoms. The molecule has 6 nitrogen and oxygen atoms in total. The number of nitrogens with one attached hydrogen (secondary N) is 1. The molecule has 1 unspecified atom stereocenters. The van der Waals surface area contributed by atoms with Gasteiger partial charge in [-0.3, -0.25) is 5.32 Å². The largest absolute Gasteiger partial charge is 0.490 e. The predicted molar refractivity (Wildman–Crippen MR) is 131 cm³/mol. The number of hydrogen-bond acceptors (Lipinski definition) is 4. The second-order valence-electron chi connectivity index (χ2n) is 10.5. The van der Waals surface area contributed by atoms with Crippen molar-refractivity contribution >= 4 is 17.9 Å². The van der Waals surface area contributed by atoms with E-state index in [2.05, 4.69) is 61.6 Å². The molecule has 2 aliphatic rings. The van der Waals surface area contributed by atoms with Gasteiger partial charge in [0.1, 0.15) is 11.5 Å². The fraction of sp³-hybridized carbons (Fsp3) is 0.556. The third-order valence-corrected chi connectivity index (χ3v) is 7.27. The molecule has 0 radical (unpaired) electrons. The van der Waals surface area contributed by atoms with E-state index in [0.29, 0.717) is 30.4 Å². The Morgan fingerprint density at radius 2 is 2.03 bits per heavy atom. The van der Waals surface area contributed by atoms with Crippen molar-refractivity contribution in [3.05, 3.63) is 46.7 Å². The van der Waals surface area contributed by atoms with Gasteiger partial charge in [-0.15, -0.1) is 0 Å². The van der Waals surface area contributed by atoms with Crippen LogP contribution >= 0.6 is 0 Å². The number of aryl methyl sites for hydroxylation is 1. The summed E-state index contributed by atoms with van der Waals surface area (Å²) in [5, 5.41) is 6.82. The van der Waals surface area contributed by atoms with E-state index in [0.717, 1.165) is 41.9 Å². The van der Waals surface area contributed by atoms with E-state index in [1.165, 1.54) is 18.4 Å². The van der Waals surface area contributed by atoms with E-state index in [1.54, 1.807) is 0 Å². The molecule has 1 saturated carbocycles. The third kappa shape index (κ3) is 5.79. The topological polar surface area (TPSA) is 67.6 Å². The number of rotatable bonds is 4. The zero-order chi connectivity index (χ0) is 23.6. The van der Waals surface area contributed by atoms with Crippen molar-refractivity contribution in [2.75, 3.05) is 18.4 Å². The van der Waals surface area contributed by atoms with Crippen molar-refractivity contribution in [3.8, 4) is 5.75 Å². The van der Waals surface area contributed by atoms with Gasteiger partial charge in [-0.05, 0) is 75.0 Å². The van der Waals surface area contributed by atoms with Gasteiger partial charge < -0.3 is 14.2 Å². The lowest BCUT2D eigenvalue weighted by Gasteiger charge is -2.34. The summed E-state index contributed by atoms with van der Waals surface area (Å²) in [6.45, 7) is 12.0. The van der Waals surface area contributed by atoms with E-state index in [4.69, 9.17) is 9.26 Å². The highest BCUT2D eigenvalue weighted by molar-refractivity contribution is 5.89. The lowest BCUT2D eigenvalue weighted by atomic mass is 9.76. The maximum Gasteiger partial charge on any atom is 0.323 e. The summed E-state index contributed by atoms with van der Waals surface area (Å²) in [7, 11) is 0. The van der Waals surface area contributed by atoms with E-state index >= 15 is 0 Å². The smallest absolute Gasteiger partial charge is 0.323 e. The quantitative estimate of drug-likeness (QED) is 0.569. The molecule has 33 heavy (non-hydrogen) atoms. The monoisotopic (exact) mass is 451 g/mol. The van der Waals surface area contributed by atoms with Gasteiger partial charge in [0, 0.05) is 18.7 Å². The van der Waals surface area contributed by atoms with Gasteiger partial charge in [-0.25, -0.2) is 4.79 Å². The van der Waals surface area contributed by atoms with E-state index in [9.17, 15) is 4.79 Å². The van der Waals surface area contributed by atoms with E-state index in [1.807, 2.05) is 18.7 Å². The molecule has 1 atom stereocenters. The molecule has 178 valence electrons. The van der Waals surface area contributed by atoms with Crippen LogP contribution in [0.5, 0.6) is 5.75 Å². The van der Waals surface area contributed by atoms with Gasteiger partial charge >= 0.3 is 6.03 Å². The average Bonchev–Trinajstić information content (AvgIpc) is 3.09.